The van der Waals surface area contributed by atoms with E-state index in [2.05, 4.69) is 50.2 Å². The molecule has 3 aromatic rings. The molecule has 0 aliphatic carbocycles. The van der Waals surface area contributed by atoms with Gasteiger partial charge in [-0.1, -0.05) is 86.6 Å². The Balaban J connectivity index is 2.08. The van der Waals surface area contributed by atoms with Gasteiger partial charge >= 0.3 is 5.97 Å². The fourth-order valence-electron chi connectivity index (χ4n) is 3.12. The van der Waals surface area contributed by atoms with Gasteiger partial charge in [0.05, 0.1) is 12.7 Å². The van der Waals surface area contributed by atoms with Crippen molar-refractivity contribution >= 4 is 5.97 Å². The lowest BCUT2D eigenvalue weighted by Gasteiger charge is -2.26. The van der Waals surface area contributed by atoms with Gasteiger partial charge in [0.25, 0.3) is 0 Å². The number of rotatable bonds is 4. The van der Waals surface area contributed by atoms with Gasteiger partial charge in [-0.05, 0) is 28.3 Å². The summed E-state index contributed by atoms with van der Waals surface area (Å²) in [6.07, 6.45) is 0. The molecule has 0 aliphatic rings. The van der Waals surface area contributed by atoms with E-state index in [1.54, 1.807) is 6.07 Å². The van der Waals surface area contributed by atoms with Gasteiger partial charge in [0.2, 0.25) is 0 Å². The molecule has 3 aromatic carbocycles. The lowest BCUT2D eigenvalue weighted by molar-refractivity contribution is 0.0601. The number of carbonyl (C=O) groups excluding carboxylic acids is 1. The zero-order chi connectivity index (χ0) is 17.9. The molecule has 126 valence electrons. The highest BCUT2D eigenvalue weighted by Gasteiger charge is 2.23. The molecule has 2 heteroatoms. The molecule has 2 nitrogen and oxygen atoms in total. The van der Waals surface area contributed by atoms with Crippen LogP contribution < -0.4 is 0 Å². The van der Waals surface area contributed by atoms with Gasteiger partial charge < -0.3 is 4.74 Å². The van der Waals surface area contributed by atoms with Crippen LogP contribution in [0.5, 0.6) is 0 Å². The van der Waals surface area contributed by atoms with Crippen LogP contribution in [-0.4, -0.2) is 13.1 Å². The second kappa shape index (κ2) is 6.94. The molecular weight excluding hydrogens is 308 g/mol. The first-order chi connectivity index (χ1) is 12.0. The Morgan fingerprint density at radius 2 is 1.44 bits per heavy atom. The second-order valence-electron chi connectivity index (χ2n) is 6.61. The maximum atomic E-state index is 12.1. The minimum atomic E-state index is -0.316. The molecule has 0 unspecified atom stereocenters. The van der Waals surface area contributed by atoms with Crippen LogP contribution >= 0.6 is 0 Å². The third kappa shape index (κ3) is 3.34. The average molecular weight is 330 g/mol. The van der Waals surface area contributed by atoms with Crippen molar-refractivity contribution in [1.29, 1.82) is 0 Å². The Hall–Kier alpha value is -2.87. The maximum absolute atomic E-state index is 12.1. The lowest BCUT2D eigenvalue weighted by Crippen LogP contribution is -2.18. The highest BCUT2D eigenvalue weighted by atomic mass is 16.5. The van der Waals surface area contributed by atoms with E-state index in [0.29, 0.717) is 5.56 Å². The van der Waals surface area contributed by atoms with Gasteiger partial charge in [0.15, 0.2) is 0 Å². The Labute approximate surface area is 149 Å². The summed E-state index contributed by atoms with van der Waals surface area (Å²) < 4.78 is 4.93. The molecular formula is C23H22O2. The minimum absolute atomic E-state index is 0.128. The SMILES string of the molecule is COC(=O)c1ccccc1-c1cccc(C(C)(C)c2ccccc2)c1. The van der Waals surface area contributed by atoms with Crippen LogP contribution in [0, 0.1) is 0 Å². The predicted octanol–water partition coefficient (Wildman–Crippen LogP) is 5.47. The zero-order valence-corrected chi connectivity index (χ0v) is 14.8. The molecule has 0 N–H and O–H groups in total. The van der Waals surface area contributed by atoms with E-state index >= 15 is 0 Å². The standard InChI is InChI=1S/C23H22O2/c1-23(2,18-11-5-4-6-12-18)19-13-9-10-17(16-19)20-14-7-8-15-21(20)22(24)25-3/h4-16H,1-3H3. The van der Waals surface area contributed by atoms with Crippen LogP contribution in [0.15, 0.2) is 78.9 Å². The number of methoxy groups -OCH3 is 1. The summed E-state index contributed by atoms with van der Waals surface area (Å²) in [7, 11) is 1.41. The van der Waals surface area contributed by atoms with Crippen molar-refractivity contribution in [2.75, 3.05) is 7.11 Å². The summed E-state index contributed by atoms with van der Waals surface area (Å²) in [6.45, 7) is 4.43. The molecule has 0 radical (unpaired) electrons. The molecule has 0 aromatic heterocycles. The quantitative estimate of drug-likeness (QED) is 0.593. The van der Waals surface area contributed by atoms with Crippen molar-refractivity contribution in [3.8, 4) is 11.1 Å². The summed E-state index contributed by atoms with van der Waals surface area (Å²) in [6, 6.07) is 26.4. The van der Waals surface area contributed by atoms with Gasteiger partial charge in [-0.2, -0.15) is 0 Å². The smallest absolute Gasteiger partial charge is 0.338 e. The van der Waals surface area contributed by atoms with Gasteiger partial charge in [-0.25, -0.2) is 4.79 Å². The Bertz CT molecular complexity index is 879. The minimum Gasteiger partial charge on any atom is -0.465 e. The van der Waals surface area contributed by atoms with Crippen molar-refractivity contribution in [2.45, 2.75) is 19.3 Å². The van der Waals surface area contributed by atoms with E-state index in [4.69, 9.17) is 4.74 Å². The highest BCUT2D eigenvalue weighted by Crippen LogP contribution is 2.34. The molecule has 0 amide bonds. The molecule has 0 heterocycles. The Morgan fingerprint density at radius 3 is 2.16 bits per heavy atom. The molecule has 25 heavy (non-hydrogen) atoms. The average Bonchev–Trinajstić information content (AvgIpc) is 2.68. The molecule has 0 aliphatic heterocycles. The van der Waals surface area contributed by atoms with Crippen LogP contribution in [0.1, 0.15) is 35.3 Å². The number of benzene rings is 3. The van der Waals surface area contributed by atoms with Crippen molar-refractivity contribution in [3.63, 3.8) is 0 Å². The normalized spacial score (nSPS) is 11.2. The van der Waals surface area contributed by atoms with E-state index in [1.807, 2.05) is 36.4 Å². The van der Waals surface area contributed by atoms with Gasteiger partial charge in [-0.3, -0.25) is 0 Å². The van der Waals surface area contributed by atoms with Gasteiger partial charge in [0, 0.05) is 5.41 Å². The molecule has 3 rings (SSSR count). The van der Waals surface area contributed by atoms with Crippen molar-refractivity contribution in [1.82, 2.24) is 0 Å². The van der Waals surface area contributed by atoms with E-state index in [-0.39, 0.29) is 11.4 Å². The molecule has 0 atom stereocenters. The Kier molecular flexibility index (Phi) is 4.71. The zero-order valence-electron chi connectivity index (χ0n) is 14.8. The topological polar surface area (TPSA) is 26.3 Å². The lowest BCUT2D eigenvalue weighted by atomic mass is 9.77. The molecule has 0 saturated heterocycles. The first-order valence-electron chi connectivity index (χ1n) is 8.38. The predicted molar refractivity (Wildman–Crippen MR) is 102 cm³/mol. The molecule has 0 spiro atoms. The third-order valence-corrected chi connectivity index (χ3v) is 4.72. The first kappa shape index (κ1) is 17.0. The Morgan fingerprint density at radius 1 is 0.800 bits per heavy atom. The monoisotopic (exact) mass is 330 g/mol. The van der Waals surface area contributed by atoms with Crippen molar-refractivity contribution in [3.05, 3.63) is 95.6 Å². The van der Waals surface area contributed by atoms with Crippen molar-refractivity contribution in [2.24, 2.45) is 0 Å². The maximum Gasteiger partial charge on any atom is 0.338 e. The highest BCUT2D eigenvalue weighted by molar-refractivity contribution is 5.97. The van der Waals surface area contributed by atoms with Gasteiger partial charge in [-0.15, -0.1) is 0 Å². The number of carbonyl (C=O) groups is 1. The molecule has 0 saturated carbocycles. The van der Waals surface area contributed by atoms with Gasteiger partial charge in [0.1, 0.15) is 0 Å². The summed E-state index contributed by atoms with van der Waals surface area (Å²) >= 11 is 0. The summed E-state index contributed by atoms with van der Waals surface area (Å²) in [4.78, 5) is 12.1. The number of esters is 1. The number of ether oxygens (including phenoxy) is 1. The van der Waals surface area contributed by atoms with E-state index in [1.165, 1.54) is 18.2 Å². The first-order valence-corrected chi connectivity index (χ1v) is 8.38. The van der Waals surface area contributed by atoms with E-state index < -0.39 is 0 Å². The second-order valence-corrected chi connectivity index (χ2v) is 6.61. The summed E-state index contributed by atoms with van der Waals surface area (Å²) in [5.74, 6) is -0.316. The van der Waals surface area contributed by atoms with Crippen LogP contribution in [0.25, 0.3) is 11.1 Å². The van der Waals surface area contributed by atoms with E-state index in [0.717, 1.165) is 11.1 Å². The molecule has 0 bridgehead atoms. The fourth-order valence-corrected chi connectivity index (χ4v) is 3.12. The molecule has 0 fully saturated rings. The number of hydrogen-bond donors (Lipinski definition) is 0. The van der Waals surface area contributed by atoms with Crippen molar-refractivity contribution < 1.29 is 9.53 Å². The van der Waals surface area contributed by atoms with Crippen LogP contribution in [0.2, 0.25) is 0 Å². The fraction of sp³-hybridized carbons (Fsp3) is 0.174. The van der Waals surface area contributed by atoms with Crippen LogP contribution in [0.4, 0.5) is 0 Å². The summed E-state index contributed by atoms with van der Waals surface area (Å²) in [5, 5.41) is 0. The third-order valence-electron chi connectivity index (χ3n) is 4.72. The van der Waals surface area contributed by atoms with Crippen LogP contribution in [-0.2, 0) is 10.2 Å². The number of hydrogen-bond acceptors (Lipinski definition) is 2. The van der Waals surface area contributed by atoms with E-state index in [9.17, 15) is 4.79 Å². The summed E-state index contributed by atoms with van der Waals surface area (Å²) in [5.41, 5.74) is 4.82. The van der Waals surface area contributed by atoms with Crippen LogP contribution in [0.3, 0.4) is 0 Å². The largest absolute Gasteiger partial charge is 0.465 e.